The lowest BCUT2D eigenvalue weighted by molar-refractivity contribution is -0.244. The molecule has 0 N–H and O–H groups in total. The summed E-state index contributed by atoms with van der Waals surface area (Å²) < 4.78 is 48.5. The zero-order valence-electron chi connectivity index (χ0n) is 13.2. The molecule has 1 aromatic carbocycles. The molecule has 0 saturated heterocycles. The van der Waals surface area contributed by atoms with Crippen molar-refractivity contribution < 1.29 is 27.4 Å². The zero-order chi connectivity index (χ0) is 17.0. The molecular weight excluding hydrogens is 297 g/mol. The predicted octanol–water partition coefficient (Wildman–Crippen LogP) is 4.15. The van der Waals surface area contributed by atoms with Gasteiger partial charge < -0.3 is 9.47 Å². The molecule has 0 aliphatic heterocycles. The molecular formula is C16H21F3O3. The first-order valence-corrected chi connectivity index (χ1v) is 6.93. The fourth-order valence-electron chi connectivity index (χ4n) is 1.96. The number of carbonyl (C=O) groups excluding carboxylic acids is 1. The number of hydrogen-bond donors (Lipinski definition) is 0. The minimum atomic E-state index is -4.58. The minimum absolute atomic E-state index is 0.102. The summed E-state index contributed by atoms with van der Waals surface area (Å²) in [5, 5.41) is 0. The largest absolute Gasteiger partial charge is 0.497 e. The molecule has 3 nitrogen and oxygen atoms in total. The van der Waals surface area contributed by atoms with Gasteiger partial charge in [-0.3, -0.25) is 4.79 Å². The van der Waals surface area contributed by atoms with E-state index >= 15 is 0 Å². The fraction of sp³-hybridized carbons (Fsp3) is 0.562. The van der Waals surface area contributed by atoms with Crippen molar-refractivity contribution in [3.8, 4) is 5.75 Å². The third kappa shape index (κ3) is 5.58. The Morgan fingerprint density at radius 2 is 1.68 bits per heavy atom. The van der Waals surface area contributed by atoms with Crippen molar-refractivity contribution in [2.45, 2.75) is 45.9 Å². The Morgan fingerprint density at radius 1 is 1.14 bits per heavy atom. The summed E-state index contributed by atoms with van der Waals surface area (Å²) in [5.41, 5.74) is -0.370. The number of carbonyl (C=O) groups is 1. The normalized spacial score (nSPS) is 13.6. The van der Waals surface area contributed by atoms with Crippen LogP contribution in [0, 0.1) is 5.41 Å². The lowest BCUT2D eigenvalue weighted by Crippen LogP contribution is -2.43. The highest BCUT2D eigenvalue weighted by molar-refractivity contribution is 5.70. The van der Waals surface area contributed by atoms with Gasteiger partial charge in [0.15, 0.2) is 0 Å². The summed E-state index contributed by atoms with van der Waals surface area (Å²) in [4.78, 5) is 11.7. The maximum Gasteiger partial charge on any atom is 0.426 e. The van der Waals surface area contributed by atoms with E-state index in [0.29, 0.717) is 12.2 Å². The number of ether oxygens (including phenoxy) is 2. The van der Waals surface area contributed by atoms with E-state index in [1.54, 1.807) is 24.3 Å². The van der Waals surface area contributed by atoms with Crippen LogP contribution in [-0.4, -0.2) is 25.4 Å². The Labute approximate surface area is 128 Å². The Morgan fingerprint density at radius 3 is 2.09 bits per heavy atom. The average Bonchev–Trinajstić information content (AvgIpc) is 2.40. The van der Waals surface area contributed by atoms with Gasteiger partial charge in [-0.1, -0.05) is 32.9 Å². The monoisotopic (exact) mass is 318 g/mol. The zero-order valence-corrected chi connectivity index (χ0v) is 13.2. The maximum atomic E-state index is 12.9. The molecule has 0 unspecified atom stereocenters. The molecule has 1 rings (SSSR count). The van der Waals surface area contributed by atoms with Crippen LogP contribution in [-0.2, 0) is 16.0 Å². The molecule has 0 aliphatic carbocycles. The summed E-state index contributed by atoms with van der Waals surface area (Å²) >= 11 is 0. The first-order chi connectivity index (χ1) is 10.0. The van der Waals surface area contributed by atoms with Crippen LogP contribution >= 0.6 is 0 Å². The molecule has 1 atom stereocenters. The molecule has 22 heavy (non-hydrogen) atoms. The van der Waals surface area contributed by atoms with Crippen LogP contribution in [0.4, 0.5) is 13.2 Å². The number of aryl methyl sites for hydroxylation is 1. The third-order valence-electron chi connectivity index (χ3n) is 3.11. The highest BCUT2D eigenvalue weighted by Crippen LogP contribution is 2.36. The summed E-state index contributed by atoms with van der Waals surface area (Å²) in [7, 11) is 1.54. The van der Waals surface area contributed by atoms with Crippen molar-refractivity contribution >= 4 is 5.97 Å². The molecule has 0 bridgehead atoms. The molecule has 0 saturated carbocycles. The molecule has 0 radical (unpaired) electrons. The van der Waals surface area contributed by atoms with Crippen molar-refractivity contribution in [3.63, 3.8) is 0 Å². The van der Waals surface area contributed by atoms with Crippen LogP contribution in [0.2, 0.25) is 0 Å². The molecule has 1 aromatic rings. The fourth-order valence-corrected chi connectivity index (χ4v) is 1.96. The van der Waals surface area contributed by atoms with E-state index in [1.807, 2.05) is 0 Å². The summed E-state index contributed by atoms with van der Waals surface area (Å²) in [5.74, 6) is -0.177. The Bertz CT molecular complexity index is 473. The van der Waals surface area contributed by atoms with Crippen molar-refractivity contribution in [1.82, 2.24) is 0 Å². The second-order valence-corrected chi connectivity index (χ2v) is 6.13. The number of esters is 1. The van der Waals surface area contributed by atoms with Gasteiger partial charge in [0, 0.05) is 11.8 Å². The highest BCUT2D eigenvalue weighted by atomic mass is 19.4. The number of alkyl halides is 3. The van der Waals surface area contributed by atoms with Crippen molar-refractivity contribution in [3.05, 3.63) is 29.8 Å². The van der Waals surface area contributed by atoms with Crippen LogP contribution in [0.15, 0.2) is 24.3 Å². The van der Waals surface area contributed by atoms with Gasteiger partial charge in [-0.2, -0.15) is 13.2 Å². The van der Waals surface area contributed by atoms with Crippen molar-refractivity contribution in [2.75, 3.05) is 7.11 Å². The van der Waals surface area contributed by atoms with Gasteiger partial charge >= 0.3 is 12.1 Å². The second-order valence-electron chi connectivity index (χ2n) is 6.13. The van der Waals surface area contributed by atoms with Crippen LogP contribution in [0.3, 0.4) is 0 Å². The maximum absolute atomic E-state index is 12.9. The van der Waals surface area contributed by atoms with Gasteiger partial charge in [0.25, 0.3) is 0 Å². The number of hydrogen-bond acceptors (Lipinski definition) is 3. The van der Waals surface area contributed by atoms with Gasteiger partial charge in [0.05, 0.1) is 7.11 Å². The Balaban J connectivity index is 2.60. The van der Waals surface area contributed by atoms with Crippen LogP contribution in [0.1, 0.15) is 32.8 Å². The molecule has 0 aliphatic rings. The standard InChI is InChI=1S/C16H21F3O3/c1-15(2,3)14(16(17,18)19)22-13(20)10-7-11-5-8-12(21-4)9-6-11/h5-6,8-9,14H,7,10H2,1-4H3/t14-/m0/s1. The van der Waals surface area contributed by atoms with Gasteiger partial charge in [-0.15, -0.1) is 0 Å². The topological polar surface area (TPSA) is 35.5 Å². The van der Waals surface area contributed by atoms with Crippen LogP contribution in [0.25, 0.3) is 0 Å². The lowest BCUT2D eigenvalue weighted by Gasteiger charge is -2.31. The van der Waals surface area contributed by atoms with E-state index in [-0.39, 0.29) is 6.42 Å². The van der Waals surface area contributed by atoms with E-state index in [2.05, 4.69) is 4.74 Å². The van der Waals surface area contributed by atoms with Crippen molar-refractivity contribution in [1.29, 1.82) is 0 Å². The van der Waals surface area contributed by atoms with E-state index in [1.165, 1.54) is 27.9 Å². The van der Waals surface area contributed by atoms with Gasteiger partial charge in [0.2, 0.25) is 6.10 Å². The SMILES string of the molecule is COc1ccc(CCC(=O)O[C@@H](C(C)(C)C)C(F)(F)F)cc1. The molecule has 0 heterocycles. The average molecular weight is 318 g/mol. The third-order valence-corrected chi connectivity index (χ3v) is 3.11. The summed E-state index contributed by atoms with van der Waals surface area (Å²) in [6.07, 6.45) is -6.47. The van der Waals surface area contributed by atoms with Crippen LogP contribution < -0.4 is 4.74 Å². The highest BCUT2D eigenvalue weighted by Gasteiger charge is 2.49. The van der Waals surface area contributed by atoms with Crippen LogP contribution in [0.5, 0.6) is 5.75 Å². The molecule has 124 valence electrons. The number of halogens is 3. The smallest absolute Gasteiger partial charge is 0.426 e. The molecule has 0 spiro atoms. The number of rotatable bonds is 5. The lowest BCUT2D eigenvalue weighted by atomic mass is 9.88. The number of benzene rings is 1. The first-order valence-electron chi connectivity index (χ1n) is 6.93. The molecule has 0 fully saturated rings. The van der Waals surface area contributed by atoms with Crippen molar-refractivity contribution in [2.24, 2.45) is 5.41 Å². The van der Waals surface area contributed by atoms with E-state index in [4.69, 9.17) is 4.74 Å². The molecule has 6 heteroatoms. The quantitative estimate of drug-likeness (QED) is 0.765. The Kier molecular flexibility index (Phi) is 5.85. The first kappa shape index (κ1) is 18.3. The van der Waals surface area contributed by atoms with Gasteiger partial charge in [0.1, 0.15) is 5.75 Å². The van der Waals surface area contributed by atoms with E-state index in [0.717, 1.165) is 5.56 Å². The van der Waals surface area contributed by atoms with Gasteiger partial charge in [-0.25, -0.2) is 0 Å². The second kappa shape index (κ2) is 7.03. The summed E-state index contributed by atoms with van der Waals surface area (Å²) in [6, 6.07) is 6.98. The Hall–Kier alpha value is -1.72. The van der Waals surface area contributed by atoms with Gasteiger partial charge in [-0.05, 0) is 24.1 Å². The summed E-state index contributed by atoms with van der Waals surface area (Å²) in [6.45, 7) is 4.17. The predicted molar refractivity (Wildman–Crippen MR) is 76.7 cm³/mol. The molecule has 0 aromatic heterocycles. The van der Waals surface area contributed by atoms with E-state index < -0.39 is 23.7 Å². The minimum Gasteiger partial charge on any atom is -0.497 e. The molecule has 0 amide bonds. The van der Waals surface area contributed by atoms with E-state index in [9.17, 15) is 18.0 Å². The number of methoxy groups -OCH3 is 1.